The van der Waals surface area contributed by atoms with Gasteiger partial charge in [-0.05, 0) is 60.2 Å². The summed E-state index contributed by atoms with van der Waals surface area (Å²) in [7, 11) is 3.13. The highest BCUT2D eigenvalue weighted by Crippen LogP contribution is 2.25. The van der Waals surface area contributed by atoms with Crippen molar-refractivity contribution >= 4 is 40.9 Å². The SMILES string of the molecule is COc1cc(OC)cc(C(=O)N2CCN(c3ccc(NC(=O)/C=C/c4ccc(Cl)cc4)cc3)CC2)c1. The number of anilines is 2. The Bertz CT molecular complexity index is 1210. The number of ether oxygens (including phenoxy) is 2. The summed E-state index contributed by atoms with van der Waals surface area (Å²) in [5.41, 5.74) is 3.20. The number of halogens is 1. The van der Waals surface area contributed by atoms with Gasteiger partial charge in [0, 0.05) is 60.3 Å². The summed E-state index contributed by atoms with van der Waals surface area (Å²) in [5, 5.41) is 3.52. The molecule has 3 aromatic carbocycles. The van der Waals surface area contributed by atoms with Crippen molar-refractivity contribution < 1.29 is 19.1 Å². The van der Waals surface area contributed by atoms with Crippen molar-refractivity contribution in [1.29, 1.82) is 0 Å². The Balaban J connectivity index is 1.31. The molecule has 1 aliphatic heterocycles. The van der Waals surface area contributed by atoms with Crippen LogP contribution in [-0.4, -0.2) is 57.1 Å². The summed E-state index contributed by atoms with van der Waals surface area (Å²) in [6, 6.07) is 20.2. The van der Waals surface area contributed by atoms with Gasteiger partial charge in [0.25, 0.3) is 5.91 Å². The molecule has 0 bridgehead atoms. The summed E-state index contributed by atoms with van der Waals surface area (Å²) < 4.78 is 10.6. The summed E-state index contributed by atoms with van der Waals surface area (Å²) in [5.74, 6) is 0.920. The number of hydrogen-bond donors (Lipinski definition) is 1. The number of carbonyl (C=O) groups excluding carboxylic acids is 2. The molecule has 4 rings (SSSR count). The number of carbonyl (C=O) groups is 2. The third kappa shape index (κ3) is 6.37. The summed E-state index contributed by atoms with van der Waals surface area (Å²) in [4.78, 5) is 29.3. The quantitative estimate of drug-likeness (QED) is 0.459. The minimum Gasteiger partial charge on any atom is -0.497 e. The van der Waals surface area contributed by atoms with Crippen molar-refractivity contribution in [2.75, 3.05) is 50.6 Å². The van der Waals surface area contributed by atoms with Crippen LogP contribution >= 0.6 is 11.6 Å². The molecule has 0 unspecified atom stereocenters. The van der Waals surface area contributed by atoms with E-state index in [4.69, 9.17) is 21.1 Å². The molecule has 0 radical (unpaired) electrons. The lowest BCUT2D eigenvalue weighted by Crippen LogP contribution is -2.48. The fourth-order valence-corrected chi connectivity index (χ4v) is 4.09. The first kappa shape index (κ1) is 25.1. The molecular formula is C28H28ClN3O4. The highest BCUT2D eigenvalue weighted by atomic mass is 35.5. The molecule has 2 amide bonds. The van der Waals surface area contributed by atoms with Crippen LogP contribution in [0, 0.1) is 0 Å². The predicted octanol–water partition coefficient (Wildman–Crippen LogP) is 4.97. The lowest BCUT2D eigenvalue weighted by molar-refractivity contribution is -0.111. The van der Waals surface area contributed by atoms with E-state index >= 15 is 0 Å². The van der Waals surface area contributed by atoms with E-state index in [1.165, 1.54) is 6.08 Å². The van der Waals surface area contributed by atoms with Crippen LogP contribution in [0.1, 0.15) is 15.9 Å². The summed E-state index contributed by atoms with van der Waals surface area (Å²) in [6.45, 7) is 2.63. The van der Waals surface area contributed by atoms with E-state index < -0.39 is 0 Å². The van der Waals surface area contributed by atoms with Gasteiger partial charge in [0.05, 0.1) is 14.2 Å². The Morgan fingerprint density at radius 1 is 0.861 bits per heavy atom. The first-order valence-electron chi connectivity index (χ1n) is 11.6. The Morgan fingerprint density at radius 3 is 2.06 bits per heavy atom. The Kier molecular flexibility index (Phi) is 8.13. The molecular weight excluding hydrogens is 478 g/mol. The van der Waals surface area contributed by atoms with E-state index in [-0.39, 0.29) is 11.8 Å². The van der Waals surface area contributed by atoms with Gasteiger partial charge in [-0.2, -0.15) is 0 Å². The molecule has 8 heteroatoms. The number of nitrogens with zero attached hydrogens (tertiary/aromatic N) is 2. The maximum atomic E-state index is 13.0. The fourth-order valence-electron chi connectivity index (χ4n) is 3.97. The molecule has 1 aliphatic rings. The predicted molar refractivity (Wildman–Crippen MR) is 143 cm³/mol. The third-order valence-electron chi connectivity index (χ3n) is 5.96. The van der Waals surface area contributed by atoms with E-state index in [1.54, 1.807) is 50.6 Å². The minimum absolute atomic E-state index is 0.0448. The monoisotopic (exact) mass is 505 g/mol. The molecule has 0 aliphatic carbocycles. The van der Waals surface area contributed by atoms with Crippen molar-refractivity contribution in [2.24, 2.45) is 0 Å². The molecule has 1 heterocycles. The van der Waals surface area contributed by atoms with Crippen LogP contribution in [0.5, 0.6) is 11.5 Å². The lowest BCUT2D eigenvalue weighted by atomic mass is 10.1. The second-order valence-electron chi connectivity index (χ2n) is 8.30. The number of hydrogen-bond acceptors (Lipinski definition) is 5. The molecule has 0 spiro atoms. The van der Waals surface area contributed by atoms with E-state index in [1.807, 2.05) is 41.3 Å². The van der Waals surface area contributed by atoms with E-state index in [0.29, 0.717) is 54.0 Å². The molecule has 7 nitrogen and oxygen atoms in total. The molecule has 0 saturated carbocycles. The number of methoxy groups -OCH3 is 2. The van der Waals surface area contributed by atoms with Crippen LogP contribution in [0.15, 0.2) is 72.8 Å². The molecule has 0 atom stereocenters. The van der Waals surface area contributed by atoms with Crippen LogP contribution in [0.3, 0.4) is 0 Å². The highest BCUT2D eigenvalue weighted by molar-refractivity contribution is 6.30. The van der Waals surface area contributed by atoms with Crippen molar-refractivity contribution in [1.82, 2.24) is 4.90 Å². The maximum Gasteiger partial charge on any atom is 0.254 e. The van der Waals surface area contributed by atoms with Crippen LogP contribution in [0.25, 0.3) is 6.08 Å². The molecule has 3 aromatic rings. The standard InChI is InChI=1S/C28H28ClN3O4/c1-35-25-17-21(18-26(19-25)36-2)28(34)32-15-13-31(14-16-32)24-10-8-23(9-11-24)30-27(33)12-5-20-3-6-22(29)7-4-20/h3-12,17-19H,13-16H2,1-2H3,(H,30,33)/b12-5+. The van der Waals surface area contributed by atoms with Crippen LogP contribution in [0.2, 0.25) is 5.02 Å². The highest BCUT2D eigenvalue weighted by Gasteiger charge is 2.23. The van der Waals surface area contributed by atoms with Crippen LogP contribution in [0.4, 0.5) is 11.4 Å². The first-order valence-corrected chi connectivity index (χ1v) is 11.9. The van der Waals surface area contributed by atoms with Gasteiger partial charge >= 0.3 is 0 Å². The summed E-state index contributed by atoms with van der Waals surface area (Å²) in [6.07, 6.45) is 3.23. The Labute approximate surface area is 215 Å². The second kappa shape index (κ2) is 11.6. The molecule has 186 valence electrons. The van der Waals surface area contributed by atoms with Gasteiger partial charge in [0.2, 0.25) is 5.91 Å². The first-order chi connectivity index (χ1) is 17.4. The fraction of sp³-hybridized carbons (Fsp3) is 0.214. The van der Waals surface area contributed by atoms with Crippen molar-refractivity contribution in [3.05, 3.63) is 89.0 Å². The van der Waals surface area contributed by atoms with Gasteiger partial charge in [-0.3, -0.25) is 9.59 Å². The molecule has 1 fully saturated rings. The molecule has 1 saturated heterocycles. The van der Waals surface area contributed by atoms with Crippen LogP contribution in [-0.2, 0) is 4.79 Å². The number of amides is 2. The van der Waals surface area contributed by atoms with Gasteiger partial charge < -0.3 is 24.6 Å². The van der Waals surface area contributed by atoms with Gasteiger partial charge in [-0.15, -0.1) is 0 Å². The number of rotatable bonds is 7. The number of benzene rings is 3. The van der Waals surface area contributed by atoms with Crippen molar-refractivity contribution in [3.63, 3.8) is 0 Å². The van der Waals surface area contributed by atoms with Gasteiger partial charge in [0.1, 0.15) is 11.5 Å². The zero-order valence-electron chi connectivity index (χ0n) is 20.2. The average Bonchev–Trinajstić information content (AvgIpc) is 2.92. The minimum atomic E-state index is -0.209. The van der Waals surface area contributed by atoms with E-state index in [2.05, 4.69) is 10.2 Å². The van der Waals surface area contributed by atoms with Crippen LogP contribution < -0.4 is 19.7 Å². The maximum absolute atomic E-state index is 13.0. The normalized spacial score (nSPS) is 13.5. The van der Waals surface area contributed by atoms with Gasteiger partial charge in [-0.25, -0.2) is 0 Å². The topological polar surface area (TPSA) is 71.1 Å². The van der Waals surface area contributed by atoms with Crippen molar-refractivity contribution in [3.8, 4) is 11.5 Å². The third-order valence-corrected chi connectivity index (χ3v) is 6.21. The van der Waals surface area contributed by atoms with E-state index in [9.17, 15) is 9.59 Å². The summed E-state index contributed by atoms with van der Waals surface area (Å²) >= 11 is 5.88. The smallest absolute Gasteiger partial charge is 0.254 e. The molecule has 36 heavy (non-hydrogen) atoms. The van der Waals surface area contributed by atoms with Gasteiger partial charge in [0.15, 0.2) is 0 Å². The van der Waals surface area contributed by atoms with Gasteiger partial charge in [-0.1, -0.05) is 23.7 Å². The Morgan fingerprint density at radius 2 is 1.47 bits per heavy atom. The van der Waals surface area contributed by atoms with Crippen molar-refractivity contribution in [2.45, 2.75) is 0 Å². The molecule has 0 aromatic heterocycles. The zero-order valence-corrected chi connectivity index (χ0v) is 21.0. The molecule has 1 N–H and O–H groups in total. The average molecular weight is 506 g/mol. The lowest BCUT2D eigenvalue weighted by Gasteiger charge is -2.36. The van der Waals surface area contributed by atoms with E-state index in [0.717, 1.165) is 11.3 Å². The number of nitrogens with one attached hydrogen (secondary N) is 1. The zero-order chi connectivity index (χ0) is 25.5. The number of piperazine rings is 1. The largest absolute Gasteiger partial charge is 0.497 e. The Hall–Kier alpha value is -3.97. The second-order valence-corrected chi connectivity index (χ2v) is 8.74.